The maximum Gasteiger partial charge on any atom is 0.252 e. The Hall–Kier alpha value is -2.18. The summed E-state index contributed by atoms with van der Waals surface area (Å²) in [5.74, 6) is 0.187. The average molecular weight is 372 g/mol. The van der Waals surface area contributed by atoms with Crippen LogP contribution in [-0.4, -0.2) is 10.9 Å². The van der Waals surface area contributed by atoms with Gasteiger partial charge in [-0.3, -0.25) is 4.79 Å². The molecule has 0 saturated heterocycles. The Morgan fingerprint density at radius 3 is 2.72 bits per heavy atom. The molecule has 3 aromatic rings. The zero-order valence-electron chi connectivity index (χ0n) is 13.7. The fourth-order valence-corrected chi connectivity index (χ4v) is 3.98. The number of nitrogens with one attached hydrogen (secondary N) is 1. The molecule has 0 spiro atoms. The van der Waals surface area contributed by atoms with Gasteiger partial charge in [-0.1, -0.05) is 30.3 Å². The van der Waals surface area contributed by atoms with Crippen molar-refractivity contribution >= 4 is 29.0 Å². The van der Waals surface area contributed by atoms with E-state index in [-0.39, 0.29) is 18.3 Å². The molecule has 0 aliphatic heterocycles. The van der Waals surface area contributed by atoms with Crippen LogP contribution in [0.2, 0.25) is 0 Å². The molecule has 1 aromatic heterocycles. The van der Waals surface area contributed by atoms with E-state index in [2.05, 4.69) is 10.3 Å². The van der Waals surface area contributed by atoms with Gasteiger partial charge in [-0.05, 0) is 25.1 Å². The quantitative estimate of drug-likeness (QED) is 0.631. The van der Waals surface area contributed by atoms with Crippen LogP contribution in [0.5, 0.6) is 0 Å². The van der Waals surface area contributed by atoms with Crippen molar-refractivity contribution in [3.05, 3.63) is 81.6 Å². The SMILES string of the molecule is Cc1nc(CSc2ccccc2C(=O)NCc2ccccc2F)cs1. The van der Waals surface area contributed by atoms with Crippen LogP contribution in [0.1, 0.15) is 26.6 Å². The van der Waals surface area contributed by atoms with Gasteiger partial charge in [0.05, 0.1) is 16.3 Å². The van der Waals surface area contributed by atoms with Crippen molar-refractivity contribution in [1.29, 1.82) is 0 Å². The zero-order chi connectivity index (χ0) is 17.6. The molecule has 0 bridgehead atoms. The van der Waals surface area contributed by atoms with E-state index in [1.54, 1.807) is 47.4 Å². The number of benzene rings is 2. The molecule has 6 heteroatoms. The lowest BCUT2D eigenvalue weighted by Crippen LogP contribution is -2.23. The van der Waals surface area contributed by atoms with Crippen LogP contribution < -0.4 is 5.32 Å². The van der Waals surface area contributed by atoms with Crippen LogP contribution in [0.15, 0.2) is 58.8 Å². The molecule has 0 aliphatic rings. The largest absolute Gasteiger partial charge is 0.348 e. The number of halogens is 1. The molecule has 1 amide bonds. The molecule has 128 valence electrons. The van der Waals surface area contributed by atoms with Gasteiger partial charge in [-0.2, -0.15) is 0 Å². The van der Waals surface area contributed by atoms with Crippen molar-refractivity contribution in [3.8, 4) is 0 Å². The Bertz CT molecular complexity index is 879. The summed E-state index contributed by atoms with van der Waals surface area (Å²) in [6.07, 6.45) is 0. The summed E-state index contributed by atoms with van der Waals surface area (Å²) in [5.41, 5.74) is 2.07. The van der Waals surface area contributed by atoms with Gasteiger partial charge in [0.15, 0.2) is 0 Å². The van der Waals surface area contributed by atoms with Gasteiger partial charge in [0.1, 0.15) is 5.82 Å². The molecule has 0 radical (unpaired) electrons. The smallest absolute Gasteiger partial charge is 0.252 e. The van der Waals surface area contributed by atoms with Gasteiger partial charge in [0, 0.05) is 28.1 Å². The maximum absolute atomic E-state index is 13.7. The molecule has 2 aromatic carbocycles. The lowest BCUT2D eigenvalue weighted by molar-refractivity contribution is 0.0947. The summed E-state index contributed by atoms with van der Waals surface area (Å²) in [6, 6.07) is 13.9. The lowest BCUT2D eigenvalue weighted by atomic mass is 10.2. The second-order valence-corrected chi connectivity index (χ2v) is 7.50. The van der Waals surface area contributed by atoms with E-state index >= 15 is 0 Å². The Morgan fingerprint density at radius 1 is 1.20 bits per heavy atom. The number of aryl methyl sites for hydroxylation is 1. The van der Waals surface area contributed by atoms with E-state index in [1.807, 2.05) is 30.5 Å². The number of rotatable bonds is 6. The van der Waals surface area contributed by atoms with Crippen molar-refractivity contribution in [3.63, 3.8) is 0 Å². The summed E-state index contributed by atoms with van der Waals surface area (Å²) in [6.45, 7) is 2.14. The van der Waals surface area contributed by atoms with E-state index in [0.29, 0.717) is 16.9 Å². The van der Waals surface area contributed by atoms with Crippen molar-refractivity contribution in [2.75, 3.05) is 0 Å². The Morgan fingerprint density at radius 2 is 1.96 bits per heavy atom. The topological polar surface area (TPSA) is 42.0 Å². The van der Waals surface area contributed by atoms with Crippen molar-refractivity contribution in [1.82, 2.24) is 10.3 Å². The maximum atomic E-state index is 13.7. The second-order valence-electron chi connectivity index (χ2n) is 5.42. The van der Waals surface area contributed by atoms with Gasteiger partial charge >= 0.3 is 0 Å². The summed E-state index contributed by atoms with van der Waals surface area (Å²) >= 11 is 3.19. The van der Waals surface area contributed by atoms with E-state index in [0.717, 1.165) is 15.6 Å². The summed E-state index contributed by atoms with van der Waals surface area (Å²) < 4.78 is 13.7. The summed E-state index contributed by atoms with van der Waals surface area (Å²) in [7, 11) is 0. The first-order valence-corrected chi connectivity index (χ1v) is 9.64. The standard InChI is InChI=1S/C19H17FN2OS2/c1-13-22-15(11-24-13)12-25-18-9-5-3-7-16(18)19(23)21-10-14-6-2-4-8-17(14)20/h2-9,11H,10,12H2,1H3,(H,21,23). The predicted molar refractivity (Wildman–Crippen MR) is 100 cm³/mol. The molecule has 0 saturated carbocycles. The molecule has 0 aliphatic carbocycles. The first kappa shape index (κ1) is 17.6. The molecule has 0 atom stereocenters. The normalized spacial score (nSPS) is 10.6. The second kappa shape index (κ2) is 8.27. The number of nitrogens with zero attached hydrogens (tertiary/aromatic N) is 1. The van der Waals surface area contributed by atoms with Crippen LogP contribution in [0, 0.1) is 12.7 Å². The Kier molecular flexibility index (Phi) is 5.83. The number of thiazole rings is 1. The van der Waals surface area contributed by atoms with E-state index < -0.39 is 0 Å². The average Bonchev–Trinajstić information content (AvgIpc) is 3.04. The van der Waals surface area contributed by atoms with Crippen molar-refractivity contribution in [2.24, 2.45) is 0 Å². The third-order valence-corrected chi connectivity index (χ3v) is 5.50. The highest BCUT2D eigenvalue weighted by atomic mass is 32.2. The minimum atomic E-state index is -0.315. The molecule has 0 unspecified atom stereocenters. The van der Waals surface area contributed by atoms with Crippen LogP contribution in [0.3, 0.4) is 0 Å². The zero-order valence-corrected chi connectivity index (χ0v) is 15.3. The number of aromatic nitrogens is 1. The Balaban J connectivity index is 1.67. The van der Waals surface area contributed by atoms with E-state index in [9.17, 15) is 9.18 Å². The van der Waals surface area contributed by atoms with Crippen LogP contribution in [-0.2, 0) is 12.3 Å². The van der Waals surface area contributed by atoms with Crippen molar-refractivity contribution < 1.29 is 9.18 Å². The number of thioether (sulfide) groups is 1. The van der Waals surface area contributed by atoms with Gasteiger partial charge in [-0.25, -0.2) is 9.37 Å². The highest BCUT2D eigenvalue weighted by molar-refractivity contribution is 7.98. The van der Waals surface area contributed by atoms with Gasteiger partial charge in [0.25, 0.3) is 5.91 Å². The predicted octanol–water partition coefficient (Wildman–Crippen LogP) is 4.81. The summed E-state index contributed by atoms with van der Waals surface area (Å²) in [5, 5.41) is 5.86. The van der Waals surface area contributed by atoms with Gasteiger partial charge < -0.3 is 5.32 Å². The monoisotopic (exact) mass is 372 g/mol. The highest BCUT2D eigenvalue weighted by Gasteiger charge is 2.12. The third-order valence-electron chi connectivity index (χ3n) is 3.57. The molecule has 1 heterocycles. The van der Waals surface area contributed by atoms with Gasteiger partial charge in [-0.15, -0.1) is 23.1 Å². The lowest BCUT2D eigenvalue weighted by Gasteiger charge is -2.10. The van der Waals surface area contributed by atoms with Crippen LogP contribution in [0.4, 0.5) is 4.39 Å². The van der Waals surface area contributed by atoms with Crippen LogP contribution in [0.25, 0.3) is 0 Å². The molecular weight excluding hydrogens is 355 g/mol. The first-order valence-electron chi connectivity index (χ1n) is 7.78. The highest BCUT2D eigenvalue weighted by Crippen LogP contribution is 2.27. The third kappa shape index (κ3) is 4.67. The molecule has 0 fully saturated rings. The Labute approximate surface area is 154 Å². The summed E-state index contributed by atoms with van der Waals surface area (Å²) in [4.78, 5) is 17.8. The molecular formula is C19H17FN2OS2. The number of carbonyl (C=O) groups is 1. The number of carbonyl (C=O) groups excluding carboxylic acids is 1. The molecule has 3 nitrogen and oxygen atoms in total. The van der Waals surface area contributed by atoms with E-state index in [1.165, 1.54) is 6.07 Å². The van der Waals surface area contributed by atoms with Gasteiger partial charge in [0.2, 0.25) is 0 Å². The first-order chi connectivity index (χ1) is 12.1. The van der Waals surface area contributed by atoms with E-state index in [4.69, 9.17) is 0 Å². The minimum absolute atomic E-state index is 0.162. The molecule has 3 rings (SSSR count). The van der Waals surface area contributed by atoms with Crippen molar-refractivity contribution in [2.45, 2.75) is 24.1 Å². The fraction of sp³-hybridized carbons (Fsp3) is 0.158. The number of amides is 1. The van der Waals surface area contributed by atoms with Crippen LogP contribution >= 0.6 is 23.1 Å². The molecule has 25 heavy (non-hydrogen) atoms. The number of hydrogen-bond acceptors (Lipinski definition) is 4. The molecule has 1 N–H and O–H groups in total. The fourth-order valence-electron chi connectivity index (χ4n) is 2.32. The number of hydrogen-bond donors (Lipinski definition) is 1. The minimum Gasteiger partial charge on any atom is -0.348 e.